The van der Waals surface area contributed by atoms with Crippen LogP contribution in [0.25, 0.3) is 0 Å². The number of carbonyl (C=O) groups is 2. The van der Waals surface area contributed by atoms with Crippen LogP contribution in [-0.2, 0) is 26.2 Å². The minimum Gasteiger partial charge on any atom is -0.355 e. The van der Waals surface area contributed by atoms with E-state index in [1.807, 2.05) is 37.3 Å². The lowest BCUT2D eigenvalue weighted by atomic mass is 10.1. The first kappa shape index (κ1) is 27.4. The van der Waals surface area contributed by atoms with Gasteiger partial charge in [0.15, 0.2) is 0 Å². The fourth-order valence-corrected chi connectivity index (χ4v) is 5.41. The predicted molar refractivity (Wildman–Crippen MR) is 145 cm³/mol. The molecule has 9 heteroatoms. The highest BCUT2D eigenvalue weighted by Crippen LogP contribution is 2.25. The van der Waals surface area contributed by atoms with Crippen molar-refractivity contribution in [1.82, 2.24) is 10.2 Å². The summed E-state index contributed by atoms with van der Waals surface area (Å²) < 4.78 is 29.3. The Morgan fingerprint density at radius 1 is 0.972 bits per heavy atom. The van der Waals surface area contributed by atoms with E-state index in [4.69, 9.17) is 0 Å². The maximum Gasteiger partial charge on any atom is 0.264 e. The molecule has 0 aromatic heterocycles. The average molecular weight is 573 g/mol. The van der Waals surface area contributed by atoms with Gasteiger partial charge in [0.2, 0.25) is 11.8 Å². The molecule has 0 spiro atoms. The van der Waals surface area contributed by atoms with Gasteiger partial charge in [-0.1, -0.05) is 58.4 Å². The molecule has 7 nitrogen and oxygen atoms in total. The number of carbonyl (C=O) groups excluding carboxylic acids is 2. The number of aryl methyl sites for hydroxylation is 1. The topological polar surface area (TPSA) is 86.8 Å². The van der Waals surface area contributed by atoms with E-state index in [0.29, 0.717) is 12.2 Å². The van der Waals surface area contributed by atoms with Gasteiger partial charge in [-0.3, -0.25) is 13.9 Å². The van der Waals surface area contributed by atoms with E-state index in [9.17, 15) is 18.0 Å². The van der Waals surface area contributed by atoms with Gasteiger partial charge in [-0.2, -0.15) is 0 Å². The first-order valence-electron chi connectivity index (χ1n) is 11.6. The summed E-state index contributed by atoms with van der Waals surface area (Å²) in [5.41, 5.74) is 2.05. The minimum atomic E-state index is -4.06. The van der Waals surface area contributed by atoms with Crippen LogP contribution in [0.1, 0.15) is 25.0 Å². The first-order valence-corrected chi connectivity index (χ1v) is 13.8. The van der Waals surface area contributed by atoms with Crippen LogP contribution in [0.2, 0.25) is 0 Å². The zero-order chi connectivity index (χ0) is 26.3. The Morgan fingerprint density at radius 3 is 2.25 bits per heavy atom. The van der Waals surface area contributed by atoms with Crippen molar-refractivity contribution in [2.24, 2.45) is 0 Å². The molecule has 0 aliphatic heterocycles. The van der Waals surface area contributed by atoms with Gasteiger partial charge in [-0.25, -0.2) is 8.42 Å². The normalized spacial score (nSPS) is 12.0. The molecule has 1 N–H and O–H groups in total. The second-order valence-corrected chi connectivity index (χ2v) is 11.2. The highest BCUT2D eigenvalue weighted by atomic mass is 79.9. The summed E-state index contributed by atoms with van der Waals surface area (Å²) >= 11 is 3.40. The van der Waals surface area contributed by atoms with Crippen LogP contribution in [0.4, 0.5) is 5.69 Å². The Balaban J connectivity index is 2.01. The minimum absolute atomic E-state index is 0.0792. The molecule has 2 amide bonds. The lowest BCUT2D eigenvalue weighted by Gasteiger charge is -2.32. The molecule has 0 heterocycles. The molecule has 0 saturated carbocycles. The number of hydrogen-bond acceptors (Lipinski definition) is 4. The Kier molecular flexibility index (Phi) is 9.28. The Hall–Kier alpha value is -3.17. The number of hydrogen-bond donors (Lipinski definition) is 1. The number of rotatable bonds is 10. The van der Waals surface area contributed by atoms with Gasteiger partial charge in [-0.05, 0) is 68.3 Å². The van der Waals surface area contributed by atoms with Crippen molar-refractivity contribution in [3.8, 4) is 0 Å². The van der Waals surface area contributed by atoms with Crippen molar-refractivity contribution < 1.29 is 18.0 Å². The molecule has 36 heavy (non-hydrogen) atoms. The van der Waals surface area contributed by atoms with Gasteiger partial charge in [0.25, 0.3) is 10.0 Å². The number of sulfonamides is 1. The number of halogens is 1. The number of benzene rings is 3. The summed E-state index contributed by atoms with van der Waals surface area (Å²) in [6.07, 6.45) is 0. The smallest absolute Gasteiger partial charge is 0.264 e. The van der Waals surface area contributed by atoms with Crippen LogP contribution < -0.4 is 9.62 Å². The molecule has 0 saturated heterocycles. The van der Waals surface area contributed by atoms with Crippen LogP contribution in [-0.4, -0.2) is 44.3 Å². The fourth-order valence-electron chi connectivity index (χ4n) is 3.72. The summed E-state index contributed by atoms with van der Waals surface area (Å²) in [4.78, 5) is 27.9. The van der Waals surface area contributed by atoms with Crippen molar-refractivity contribution in [1.29, 1.82) is 0 Å². The molecule has 3 rings (SSSR count). The van der Waals surface area contributed by atoms with Gasteiger partial charge < -0.3 is 10.2 Å². The maximum atomic E-state index is 13.7. The Morgan fingerprint density at radius 2 is 1.64 bits per heavy atom. The van der Waals surface area contributed by atoms with Gasteiger partial charge in [0, 0.05) is 17.6 Å². The van der Waals surface area contributed by atoms with Crippen molar-refractivity contribution in [3.63, 3.8) is 0 Å². The molecule has 3 aromatic rings. The molecule has 0 unspecified atom stereocenters. The highest BCUT2D eigenvalue weighted by molar-refractivity contribution is 9.10. The van der Waals surface area contributed by atoms with Crippen LogP contribution in [0.5, 0.6) is 0 Å². The van der Waals surface area contributed by atoms with Crippen molar-refractivity contribution >= 4 is 43.5 Å². The van der Waals surface area contributed by atoms with Gasteiger partial charge in [0.1, 0.15) is 12.6 Å². The van der Waals surface area contributed by atoms with Crippen molar-refractivity contribution in [3.05, 3.63) is 94.5 Å². The average Bonchev–Trinajstić information content (AvgIpc) is 2.87. The number of likely N-dealkylation sites (N-methyl/N-ethyl adjacent to an activating group) is 1. The Labute approximate surface area is 221 Å². The van der Waals surface area contributed by atoms with Crippen LogP contribution in [0, 0.1) is 6.92 Å². The third-order valence-electron chi connectivity index (χ3n) is 5.68. The van der Waals surface area contributed by atoms with Crippen molar-refractivity contribution in [2.45, 2.75) is 38.3 Å². The highest BCUT2D eigenvalue weighted by Gasteiger charge is 2.32. The molecular formula is C27H30BrN3O4S. The third kappa shape index (κ3) is 6.73. The number of nitrogens with one attached hydrogen (secondary N) is 1. The second kappa shape index (κ2) is 12.2. The van der Waals surface area contributed by atoms with E-state index in [2.05, 4.69) is 21.2 Å². The van der Waals surface area contributed by atoms with Crippen LogP contribution in [0.3, 0.4) is 0 Å². The molecule has 1 atom stereocenters. The van der Waals surface area contributed by atoms with Crippen LogP contribution >= 0.6 is 15.9 Å². The quantitative estimate of drug-likeness (QED) is 0.388. The molecule has 190 valence electrons. The SMILES string of the molecule is CCNC(=O)[C@H](C)N(Cc1ccc(Br)cc1)C(=O)CN(c1cccc(C)c1)S(=O)(=O)c1ccccc1. The molecule has 0 radical (unpaired) electrons. The third-order valence-corrected chi connectivity index (χ3v) is 8.00. The van der Waals surface area contributed by atoms with Gasteiger partial charge in [-0.15, -0.1) is 0 Å². The maximum absolute atomic E-state index is 13.7. The first-order chi connectivity index (χ1) is 17.1. The summed E-state index contributed by atoms with van der Waals surface area (Å²) in [7, 11) is -4.06. The van der Waals surface area contributed by atoms with Crippen molar-refractivity contribution in [2.75, 3.05) is 17.4 Å². The van der Waals surface area contributed by atoms with E-state index in [-0.39, 0.29) is 17.3 Å². The van der Waals surface area contributed by atoms with E-state index in [1.165, 1.54) is 17.0 Å². The number of amides is 2. The molecule has 0 fully saturated rings. The van der Waals surface area contributed by atoms with E-state index >= 15 is 0 Å². The molecule has 0 aliphatic rings. The second-order valence-electron chi connectivity index (χ2n) is 8.38. The van der Waals surface area contributed by atoms with E-state index in [0.717, 1.165) is 19.9 Å². The zero-order valence-corrected chi connectivity index (χ0v) is 22.9. The predicted octanol–water partition coefficient (Wildman–Crippen LogP) is 4.51. The largest absolute Gasteiger partial charge is 0.355 e. The van der Waals surface area contributed by atoms with Gasteiger partial charge >= 0.3 is 0 Å². The molecular weight excluding hydrogens is 542 g/mol. The summed E-state index contributed by atoms with van der Waals surface area (Å²) in [6, 6.07) is 21.6. The number of nitrogens with zero attached hydrogens (tertiary/aromatic N) is 2. The summed E-state index contributed by atoms with van der Waals surface area (Å²) in [6.45, 7) is 5.41. The molecule has 0 bridgehead atoms. The lowest BCUT2D eigenvalue weighted by Crippen LogP contribution is -2.51. The number of anilines is 1. The van der Waals surface area contributed by atoms with E-state index in [1.54, 1.807) is 50.2 Å². The molecule has 3 aromatic carbocycles. The summed E-state index contributed by atoms with van der Waals surface area (Å²) in [5.74, 6) is -0.798. The fraction of sp³-hybridized carbons (Fsp3) is 0.259. The molecule has 0 aliphatic carbocycles. The lowest BCUT2D eigenvalue weighted by molar-refractivity contribution is -0.139. The van der Waals surface area contributed by atoms with E-state index < -0.39 is 28.5 Å². The zero-order valence-electron chi connectivity index (χ0n) is 20.5. The van der Waals surface area contributed by atoms with Crippen LogP contribution in [0.15, 0.2) is 88.2 Å². The Bertz CT molecular complexity index is 1300. The summed E-state index contributed by atoms with van der Waals surface area (Å²) in [5, 5.41) is 2.75. The monoisotopic (exact) mass is 571 g/mol. The van der Waals surface area contributed by atoms with Gasteiger partial charge in [0.05, 0.1) is 10.6 Å². The standard InChI is InChI=1S/C27H30BrN3O4S/c1-4-29-27(33)21(3)30(18-22-13-15-23(28)16-14-22)26(32)19-31(24-10-8-9-20(2)17-24)36(34,35)25-11-6-5-7-12-25/h5-17,21H,4,18-19H2,1-3H3,(H,29,33)/t21-/m0/s1.